The maximum absolute atomic E-state index is 12.0. The van der Waals surface area contributed by atoms with Crippen LogP contribution in [0.2, 0.25) is 0 Å². The molecule has 0 radical (unpaired) electrons. The first-order chi connectivity index (χ1) is 11.8. The fourth-order valence-corrected chi connectivity index (χ4v) is 7.25. The number of allylic oxidation sites excluding steroid dienone is 1. The molecule has 4 aliphatic rings. The van der Waals surface area contributed by atoms with Crippen LogP contribution in [0.25, 0.3) is 0 Å². The Morgan fingerprint density at radius 2 is 1.92 bits per heavy atom. The second-order valence-corrected chi connectivity index (χ2v) is 9.75. The second-order valence-electron chi connectivity index (χ2n) is 9.75. The number of ether oxygens (including phenoxy) is 1. The quantitative estimate of drug-likeness (QED) is 0.648. The van der Waals surface area contributed by atoms with Gasteiger partial charge in [-0.2, -0.15) is 0 Å². The van der Waals surface area contributed by atoms with Crippen molar-refractivity contribution in [2.24, 2.45) is 34.5 Å². The van der Waals surface area contributed by atoms with Crippen molar-refractivity contribution in [2.45, 2.75) is 78.7 Å². The Morgan fingerprint density at radius 1 is 1.16 bits per heavy atom. The maximum Gasteiger partial charge on any atom is 0.302 e. The molecule has 3 nitrogen and oxygen atoms in total. The van der Waals surface area contributed by atoms with Gasteiger partial charge in [-0.15, -0.1) is 0 Å². The molecule has 3 heteroatoms. The fraction of sp³-hybridized carbons (Fsp3) is 0.818. The lowest BCUT2D eigenvalue weighted by Gasteiger charge is -2.59. The first kappa shape index (κ1) is 17.3. The zero-order valence-corrected chi connectivity index (χ0v) is 16.1. The molecule has 0 spiro atoms. The van der Waals surface area contributed by atoms with Gasteiger partial charge in [0.15, 0.2) is 5.78 Å². The van der Waals surface area contributed by atoms with E-state index in [1.165, 1.54) is 18.4 Å². The Kier molecular flexibility index (Phi) is 3.94. The molecule has 0 bridgehead atoms. The molecule has 4 aliphatic carbocycles. The van der Waals surface area contributed by atoms with Crippen molar-refractivity contribution in [1.29, 1.82) is 0 Å². The number of carbonyl (C=O) groups is 2. The standard InChI is InChI=1S/C22H32O3/c1-13-11-15-12-16(24)7-9-21(15,3)18-8-10-22(4)17(20(13)18)5-6-19(22)25-14(2)23/h12-13,17-20H,5-11H2,1-4H3. The number of fused-ring (bicyclic) bond motifs is 5. The van der Waals surface area contributed by atoms with Crippen LogP contribution >= 0.6 is 0 Å². The van der Waals surface area contributed by atoms with Gasteiger partial charge in [0, 0.05) is 18.8 Å². The average molecular weight is 344 g/mol. The molecule has 0 heterocycles. The molecule has 0 aliphatic heterocycles. The summed E-state index contributed by atoms with van der Waals surface area (Å²) in [6.07, 6.45) is 9.48. The van der Waals surface area contributed by atoms with Crippen LogP contribution in [0.4, 0.5) is 0 Å². The van der Waals surface area contributed by atoms with Gasteiger partial charge in [-0.1, -0.05) is 26.3 Å². The van der Waals surface area contributed by atoms with E-state index < -0.39 is 0 Å². The number of hydrogen-bond donors (Lipinski definition) is 0. The molecule has 4 rings (SSSR count). The highest BCUT2D eigenvalue weighted by molar-refractivity contribution is 5.91. The lowest BCUT2D eigenvalue weighted by atomic mass is 9.45. The molecule has 0 aromatic rings. The summed E-state index contributed by atoms with van der Waals surface area (Å²) < 4.78 is 5.75. The van der Waals surface area contributed by atoms with Gasteiger partial charge in [0.25, 0.3) is 0 Å². The number of rotatable bonds is 1. The van der Waals surface area contributed by atoms with Gasteiger partial charge in [-0.3, -0.25) is 9.59 Å². The van der Waals surface area contributed by atoms with Gasteiger partial charge >= 0.3 is 5.97 Å². The highest BCUT2D eigenvalue weighted by Crippen LogP contribution is 2.66. The van der Waals surface area contributed by atoms with Crippen molar-refractivity contribution in [1.82, 2.24) is 0 Å². The van der Waals surface area contributed by atoms with Gasteiger partial charge < -0.3 is 4.74 Å². The maximum atomic E-state index is 12.0. The van der Waals surface area contributed by atoms with Gasteiger partial charge in [0.05, 0.1) is 0 Å². The van der Waals surface area contributed by atoms with Crippen molar-refractivity contribution in [3.63, 3.8) is 0 Å². The second kappa shape index (κ2) is 5.69. The summed E-state index contributed by atoms with van der Waals surface area (Å²) in [6, 6.07) is 0. The van der Waals surface area contributed by atoms with Crippen LogP contribution in [0, 0.1) is 34.5 Å². The predicted octanol–water partition coefficient (Wildman–Crippen LogP) is 4.70. The third-order valence-electron chi connectivity index (χ3n) is 8.53. The summed E-state index contributed by atoms with van der Waals surface area (Å²) in [4.78, 5) is 23.6. The van der Waals surface area contributed by atoms with Crippen molar-refractivity contribution < 1.29 is 14.3 Å². The van der Waals surface area contributed by atoms with Crippen molar-refractivity contribution in [3.8, 4) is 0 Å². The molecule has 0 N–H and O–H groups in total. The molecule has 0 saturated heterocycles. The lowest BCUT2D eigenvalue weighted by molar-refractivity contribution is -0.158. The Balaban J connectivity index is 1.67. The van der Waals surface area contributed by atoms with Crippen LogP contribution in [0.15, 0.2) is 11.6 Å². The molecular formula is C22H32O3. The SMILES string of the molecule is CC(=O)OC1CCC2C3C(C)CC4=CC(=O)CCC4(C)C3CCC12C. The van der Waals surface area contributed by atoms with Crippen LogP contribution in [0.5, 0.6) is 0 Å². The van der Waals surface area contributed by atoms with Crippen LogP contribution in [0.3, 0.4) is 0 Å². The van der Waals surface area contributed by atoms with Crippen LogP contribution in [0.1, 0.15) is 72.6 Å². The third-order valence-corrected chi connectivity index (χ3v) is 8.53. The van der Waals surface area contributed by atoms with E-state index in [9.17, 15) is 9.59 Å². The van der Waals surface area contributed by atoms with Gasteiger partial charge in [0.2, 0.25) is 0 Å². The number of ketones is 1. The van der Waals surface area contributed by atoms with Crippen molar-refractivity contribution in [2.75, 3.05) is 0 Å². The molecule has 25 heavy (non-hydrogen) atoms. The Bertz CT molecular complexity index is 635. The smallest absolute Gasteiger partial charge is 0.302 e. The normalized spacial score (nSPS) is 48.9. The zero-order chi connectivity index (χ0) is 18.0. The van der Waals surface area contributed by atoms with Crippen LogP contribution in [-0.4, -0.2) is 17.9 Å². The zero-order valence-electron chi connectivity index (χ0n) is 16.1. The third kappa shape index (κ3) is 2.44. The largest absolute Gasteiger partial charge is 0.462 e. The molecule has 3 fully saturated rings. The van der Waals surface area contributed by atoms with E-state index in [4.69, 9.17) is 4.74 Å². The molecule has 0 aromatic carbocycles. The minimum Gasteiger partial charge on any atom is -0.462 e. The summed E-state index contributed by atoms with van der Waals surface area (Å²) in [5, 5.41) is 0. The van der Waals surface area contributed by atoms with Gasteiger partial charge in [0.1, 0.15) is 6.10 Å². The number of carbonyl (C=O) groups excluding carboxylic acids is 2. The van der Waals surface area contributed by atoms with Crippen LogP contribution < -0.4 is 0 Å². The van der Waals surface area contributed by atoms with E-state index in [2.05, 4.69) is 20.8 Å². The van der Waals surface area contributed by atoms with E-state index in [1.807, 2.05) is 6.08 Å². The highest BCUT2D eigenvalue weighted by Gasteiger charge is 2.61. The van der Waals surface area contributed by atoms with Crippen molar-refractivity contribution in [3.05, 3.63) is 11.6 Å². The van der Waals surface area contributed by atoms with Crippen LogP contribution in [-0.2, 0) is 14.3 Å². The van der Waals surface area contributed by atoms with Gasteiger partial charge in [-0.05, 0) is 73.7 Å². The first-order valence-corrected chi connectivity index (χ1v) is 10.2. The molecule has 7 atom stereocenters. The summed E-state index contributed by atoms with van der Waals surface area (Å²) in [5.74, 6) is 2.86. The minimum absolute atomic E-state index is 0.0980. The fourth-order valence-electron chi connectivity index (χ4n) is 7.25. The molecule has 0 amide bonds. The van der Waals surface area contributed by atoms with E-state index in [0.29, 0.717) is 29.5 Å². The summed E-state index contributed by atoms with van der Waals surface area (Å²) >= 11 is 0. The summed E-state index contributed by atoms with van der Waals surface area (Å²) in [7, 11) is 0. The Morgan fingerprint density at radius 3 is 2.64 bits per heavy atom. The lowest BCUT2D eigenvalue weighted by Crippen LogP contribution is -2.54. The molecule has 138 valence electrons. The summed E-state index contributed by atoms with van der Waals surface area (Å²) in [5.41, 5.74) is 1.78. The Labute approximate surface area is 151 Å². The predicted molar refractivity (Wildman–Crippen MR) is 96.8 cm³/mol. The topological polar surface area (TPSA) is 43.4 Å². The number of esters is 1. The van der Waals surface area contributed by atoms with Crippen molar-refractivity contribution >= 4 is 11.8 Å². The van der Waals surface area contributed by atoms with E-state index in [-0.39, 0.29) is 22.9 Å². The first-order valence-electron chi connectivity index (χ1n) is 10.2. The molecular weight excluding hydrogens is 312 g/mol. The number of hydrogen-bond acceptors (Lipinski definition) is 3. The highest BCUT2D eigenvalue weighted by atomic mass is 16.5. The summed E-state index contributed by atoms with van der Waals surface area (Å²) in [6.45, 7) is 8.74. The monoisotopic (exact) mass is 344 g/mol. The van der Waals surface area contributed by atoms with E-state index in [1.54, 1.807) is 6.92 Å². The molecule has 7 unspecified atom stereocenters. The molecule has 3 saturated carbocycles. The molecule has 0 aromatic heterocycles. The average Bonchev–Trinajstić information content (AvgIpc) is 2.85. The van der Waals surface area contributed by atoms with Gasteiger partial charge in [-0.25, -0.2) is 0 Å². The Hall–Kier alpha value is -1.12. The van der Waals surface area contributed by atoms with E-state index >= 15 is 0 Å². The minimum atomic E-state index is -0.131. The van der Waals surface area contributed by atoms with E-state index in [0.717, 1.165) is 32.1 Å².